The second-order valence-electron chi connectivity index (χ2n) is 5.22. The number of benzene rings is 1. The summed E-state index contributed by atoms with van der Waals surface area (Å²) in [6, 6.07) is 11.0. The van der Waals surface area contributed by atoms with E-state index >= 15 is 0 Å². The third-order valence-corrected chi connectivity index (χ3v) is 4.70. The van der Waals surface area contributed by atoms with Crippen LogP contribution in [0.25, 0.3) is 0 Å². The van der Waals surface area contributed by atoms with Crippen molar-refractivity contribution >= 4 is 11.8 Å². The minimum atomic E-state index is 0.342. The summed E-state index contributed by atoms with van der Waals surface area (Å²) in [5.74, 6) is 1.87. The Bertz CT molecular complexity index is 340. The van der Waals surface area contributed by atoms with E-state index in [1.165, 1.54) is 43.1 Å². The molecule has 2 atom stereocenters. The van der Waals surface area contributed by atoms with Gasteiger partial charge in [0.25, 0.3) is 0 Å². The molecule has 0 aromatic heterocycles. The summed E-state index contributed by atoms with van der Waals surface area (Å²) < 4.78 is 0. The van der Waals surface area contributed by atoms with Crippen molar-refractivity contribution in [3.8, 4) is 0 Å². The molecule has 1 aliphatic heterocycles. The van der Waals surface area contributed by atoms with Crippen molar-refractivity contribution < 1.29 is 0 Å². The fourth-order valence-electron chi connectivity index (χ4n) is 2.53. The van der Waals surface area contributed by atoms with E-state index in [0.29, 0.717) is 12.0 Å². The Morgan fingerprint density at radius 2 is 2.17 bits per heavy atom. The van der Waals surface area contributed by atoms with Gasteiger partial charge in [0.15, 0.2) is 0 Å². The first-order chi connectivity index (χ1) is 8.75. The number of hydrogen-bond donors (Lipinski definition) is 1. The largest absolute Gasteiger partial charge is 0.328 e. The van der Waals surface area contributed by atoms with Crippen molar-refractivity contribution in [3.63, 3.8) is 0 Å². The molecular weight excluding hydrogens is 240 g/mol. The maximum absolute atomic E-state index is 6.02. The molecule has 3 heteroatoms. The standard InChI is InChI=1S/C15H24N2S/c1-13(16)14-6-5-9-17(12-14)10-11-18-15-7-3-2-4-8-15/h2-4,7-8,13-14H,5-6,9-12,16H2,1H3. The molecule has 2 rings (SSSR count). The van der Waals surface area contributed by atoms with Crippen molar-refractivity contribution in [1.29, 1.82) is 0 Å². The highest BCUT2D eigenvalue weighted by molar-refractivity contribution is 7.99. The zero-order chi connectivity index (χ0) is 12.8. The molecule has 1 saturated heterocycles. The molecule has 1 fully saturated rings. The summed E-state index contributed by atoms with van der Waals surface area (Å²) in [7, 11) is 0. The Morgan fingerprint density at radius 1 is 1.39 bits per heavy atom. The van der Waals surface area contributed by atoms with Gasteiger partial charge in [0.05, 0.1) is 0 Å². The molecule has 18 heavy (non-hydrogen) atoms. The number of likely N-dealkylation sites (tertiary alicyclic amines) is 1. The van der Waals surface area contributed by atoms with E-state index in [1.807, 2.05) is 11.8 Å². The van der Waals surface area contributed by atoms with E-state index in [9.17, 15) is 0 Å². The van der Waals surface area contributed by atoms with E-state index in [4.69, 9.17) is 5.73 Å². The van der Waals surface area contributed by atoms with Gasteiger partial charge in [-0.15, -0.1) is 11.8 Å². The number of nitrogens with two attached hydrogens (primary N) is 1. The van der Waals surface area contributed by atoms with Crippen LogP contribution in [0.2, 0.25) is 0 Å². The summed E-state index contributed by atoms with van der Waals surface area (Å²) in [4.78, 5) is 3.95. The Labute approximate surface area is 115 Å². The van der Waals surface area contributed by atoms with E-state index < -0.39 is 0 Å². The van der Waals surface area contributed by atoms with Gasteiger partial charge < -0.3 is 10.6 Å². The van der Waals surface area contributed by atoms with Crippen LogP contribution in [-0.2, 0) is 0 Å². The van der Waals surface area contributed by atoms with Gasteiger partial charge in [-0.3, -0.25) is 0 Å². The fraction of sp³-hybridized carbons (Fsp3) is 0.600. The number of hydrogen-bond acceptors (Lipinski definition) is 3. The van der Waals surface area contributed by atoms with Gasteiger partial charge in [-0.1, -0.05) is 18.2 Å². The number of piperidine rings is 1. The van der Waals surface area contributed by atoms with Crippen LogP contribution >= 0.6 is 11.8 Å². The molecule has 100 valence electrons. The van der Waals surface area contributed by atoms with Crippen LogP contribution in [0.1, 0.15) is 19.8 Å². The van der Waals surface area contributed by atoms with Crippen LogP contribution in [0, 0.1) is 5.92 Å². The predicted molar refractivity (Wildman–Crippen MR) is 80.0 cm³/mol. The molecule has 0 radical (unpaired) electrons. The van der Waals surface area contributed by atoms with Gasteiger partial charge in [0.1, 0.15) is 0 Å². The van der Waals surface area contributed by atoms with Gasteiger partial charge in [0.2, 0.25) is 0 Å². The molecular formula is C15H24N2S. The van der Waals surface area contributed by atoms with Gasteiger partial charge in [-0.25, -0.2) is 0 Å². The van der Waals surface area contributed by atoms with Crippen LogP contribution in [-0.4, -0.2) is 36.3 Å². The first kappa shape index (κ1) is 13.9. The fourth-order valence-corrected chi connectivity index (χ4v) is 3.47. The van der Waals surface area contributed by atoms with Crippen molar-refractivity contribution in [3.05, 3.63) is 30.3 Å². The van der Waals surface area contributed by atoms with E-state index in [0.717, 1.165) is 0 Å². The van der Waals surface area contributed by atoms with Crippen LogP contribution in [0.4, 0.5) is 0 Å². The summed E-state index contributed by atoms with van der Waals surface area (Å²) in [5, 5.41) is 0. The molecule has 0 saturated carbocycles. The molecule has 2 N–H and O–H groups in total. The normalized spacial score (nSPS) is 22.9. The second kappa shape index (κ2) is 7.17. The SMILES string of the molecule is CC(N)C1CCCN(CCSc2ccccc2)C1. The maximum Gasteiger partial charge on any atom is 0.0108 e. The van der Waals surface area contributed by atoms with E-state index in [1.54, 1.807) is 0 Å². The zero-order valence-electron chi connectivity index (χ0n) is 11.2. The molecule has 1 aromatic carbocycles. The van der Waals surface area contributed by atoms with E-state index in [2.05, 4.69) is 42.2 Å². The Hall–Kier alpha value is -0.510. The summed E-state index contributed by atoms with van der Waals surface area (Å²) >= 11 is 1.95. The average Bonchev–Trinajstić information content (AvgIpc) is 2.40. The average molecular weight is 264 g/mol. The lowest BCUT2D eigenvalue weighted by molar-refractivity contribution is 0.169. The molecule has 1 aromatic rings. The molecule has 2 nitrogen and oxygen atoms in total. The highest BCUT2D eigenvalue weighted by atomic mass is 32.2. The molecule has 1 heterocycles. The lowest BCUT2D eigenvalue weighted by Crippen LogP contribution is -2.43. The van der Waals surface area contributed by atoms with Crippen LogP contribution in [0.5, 0.6) is 0 Å². The molecule has 1 aliphatic rings. The third kappa shape index (κ3) is 4.30. The maximum atomic E-state index is 6.02. The highest BCUT2D eigenvalue weighted by Crippen LogP contribution is 2.21. The van der Waals surface area contributed by atoms with Crippen LogP contribution in [0.15, 0.2) is 35.2 Å². The van der Waals surface area contributed by atoms with Gasteiger partial charge >= 0.3 is 0 Å². The van der Waals surface area contributed by atoms with Crippen molar-refractivity contribution in [2.45, 2.75) is 30.7 Å². The predicted octanol–water partition coefficient (Wildman–Crippen LogP) is 2.84. The van der Waals surface area contributed by atoms with Crippen LogP contribution < -0.4 is 5.73 Å². The lowest BCUT2D eigenvalue weighted by Gasteiger charge is -2.34. The lowest BCUT2D eigenvalue weighted by atomic mass is 9.92. The Morgan fingerprint density at radius 3 is 2.89 bits per heavy atom. The van der Waals surface area contributed by atoms with Crippen molar-refractivity contribution in [2.75, 3.05) is 25.4 Å². The van der Waals surface area contributed by atoms with E-state index in [-0.39, 0.29) is 0 Å². The van der Waals surface area contributed by atoms with Gasteiger partial charge in [-0.05, 0) is 44.4 Å². The Balaban J connectivity index is 1.70. The second-order valence-corrected chi connectivity index (χ2v) is 6.39. The number of thioether (sulfide) groups is 1. The summed E-state index contributed by atoms with van der Waals surface area (Å²) in [6.07, 6.45) is 2.61. The number of rotatable bonds is 5. The third-order valence-electron chi connectivity index (χ3n) is 3.70. The smallest absolute Gasteiger partial charge is 0.0108 e. The first-order valence-electron chi connectivity index (χ1n) is 6.91. The van der Waals surface area contributed by atoms with Crippen LogP contribution in [0.3, 0.4) is 0 Å². The molecule has 0 spiro atoms. The minimum Gasteiger partial charge on any atom is -0.328 e. The van der Waals surface area contributed by atoms with Crippen molar-refractivity contribution in [1.82, 2.24) is 4.90 Å². The minimum absolute atomic E-state index is 0.342. The Kier molecular flexibility index (Phi) is 5.54. The molecule has 0 aliphatic carbocycles. The van der Waals surface area contributed by atoms with Crippen molar-refractivity contribution in [2.24, 2.45) is 11.7 Å². The quantitative estimate of drug-likeness (QED) is 0.829. The first-order valence-corrected chi connectivity index (χ1v) is 7.90. The topological polar surface area (TPSA) is 29.3 Å². The summed E-state index contributed by atoms with van der Waals surface area (Å²) in [6.45, 7) is 5.77. The highest BCUT2D eigenvalue weighted by Gasteiger charge is 2.22. The summed E-state index contributed by atoms with van der Waals surface area (Å²) in [5.41, 5.74) is 6.02. The molecule has 0 amide bonds. The van der Waals surface area contributed by atoms with Gasteiger partial charge in [-0.2, -0.15) is 0 Å². The van der Waals surface area contributed by atoms with Gasteiger partial charge in [0, 0.05) is 29.8 Å². The molecule has 0 bridgehead atoms. The number of nitrogens with zero attached hydrogens (tertiary/aromatic N) is 1. The monoisotopic (exact) mass is 264 g/mol. The zero-order valence-corrected chi connectivity index (χ0v) is 12.0. The molecule has 2 unspecified atom stereocenters.